The largest absolute Gasteiger partial charge is 0.322 e. The van der Waals surface area contributed by atoms with Crippen LogP contribution in [0.1, 0.15) is 5.56 Å². The van der Waals surface area contributed by atoms with Crippen molar-refractivity contribution in [1.82, 2.24) is 4.98 Å². The lowest BCUT2D eigenvalue weighted by atomic mass is 10.3. The van der Waals surface area contributed by atoms with E-state index in [-0.39, 0.29) is 0 Å². The van der Waals surface area contributed by atoms with Crippen LogP contribution in [-0.4, -0.2) is 10.2 Å². The van der Waals surface area contributed by atoms with Crippen LogP contribution < -0.4 is 5.84 Å². The van der Waals surface area contributed by atoms with Crippen LogP contribution in [0.3, 0.4) is 0 Å². The highest BCUT2D eigenvalue weighted by Gasteiger charge is 1.95. The predicted molar refractivity (Wildman–Crippen MR) is 40.8 cm³/mol. The van der Waals surface area contributed by atoms with E-state index < -0.39 is 0 Å². The van der Waals surface area contributed by atoms with E-state index in [0.717, 1.165) is 5.56 Å². The summed E-state index contributed by atoms with van der Waals surface area (Å²) in [6, 6.07) is 3.47. The van der Waals surface area contributed by atoms with E-state index in [1.54, 1.807) is 24.5 Å². The van der Waals surface area contributed by atoms with Crippen molar-refractivity contribution >= 4 is 16.8 Å². The highest BCUT2D eigenvalue weighted by molar-refractivity contribution is 6.69. The summed E-state index contributed by atoms with van der Waals surface area (Å²) in [6.07, 6.45) is 3.26. The van der Waals surface area contributed by atoms with Gasteiger partial charge in [0.2, 0.25) is 0 Å². The van der Waals surface area contributed by atoms with Gasteiger partial charge in [0.1, 0.15) is 0 Å². The zero-order chi connectivity index (χ0) is 7.40. The summed E-state index contributed by atoms with van der Waals surface area (Å²) in [4.78, 5) is 3.81. The van der Waals surface area contributed by atoms with Crippen molar-refractivity contribution in [3.05, 3.63) is 30.1 Å². The predicted octanol–water partition coefficient (Wildman–Crippen LogP) is 0.941. The van der Waals surface area contributed by atoms with E-state index in [9.17, 15) is 0 Å². The summed E-state index contributed by atoms with van der Waals surface area (Å²) in [5, 5.41) is 3.61. The highest BCUT2D eigenvalue weighted by atomic mass is 35.5. The van der Waals surface area contributed by atoms with Gasteiger partial charge in [-0.05, 0) is 12.1 Å². The molecule has 2 N–H and O–H groups in total. The Morgan fingerprint density at radius 1 is 1.50 bits per heavy atom. The van der Waals surface area contributed by atoms with Crippen molar-refractivity contribution in [2.75, 3.05) is 0 Å². The Kier molecular flexibility index (Phi) is 2.23. The van der Waals surface area contributed by atoms with Crippen LogP contribution in [0.4, 0.5) is 0 Å². The minimum atomic E-state index is 0.294. The monoisotopic (exact) mass is 155 g/mol. The number of rotatable bonds is 1. The lowest BCUT2D eigenvalue weighted by molar-refractivity contribution is 1.25. The lowest BCUT2D eigenvalue weighted by Crippen LogP contribution is -1.94. The van der Waals surface area contributed by atoms with Crippen molar-refractivity contribution < 1.29 is 0 Å². The maximum atomic E-state index is 5.59. The van der Waals surface area contributed by atoms with Crippen molar-refractivity contribution in [3.63, 3.8) is 0 Å². The number of pyridine rings is 1. The van der Waals surface area contributed by atoms with E-state index in [1.165, 1.54) is 0 Å². The maximum Gasteiger partial charge on any atom is 0.155 e. The number of halogens is 1. The van der Waals surface area contributed by atoms with Crippen molar-refractivity contribution in [1.29, 1.82) is 0 Å². The smallest absolute Gasteiger partial charge is 0.155 e. The number of hydrazone groups is 1. The SMILES string of the molecule is NN=C(Cl)c1ccncc1. The van der Waals surface area contributed by atoms with Gasteiger partial charge in [-0.3, -0.25) is 4.98 Å². The molecule has 0 aliphatic heterocycles. The molecule has 1 aromatic rings. The molecule has 0 unspecified atom stereocenters. The van der Waals surface area contributed by atoms with Crippen LogP contribution >= 0.6 is 11.6 Å². The molecule has 10 heavy (non-hydrogen) atoms. The zero-order valence-electron chi connectivity index (χ0n) is 5.16. The Labute approximate surface area is 63.5 Å². The molecule has 3 nitrogen and oxygen atoms in total. The molecule has 1 aromatic heterocycles. The normalized spacial score (nSPS) is 11.5. The van der Waals surface area contributed by atoms with Gasteiger partial charge < -0.3 is 5.84 Å². The van der Waals surface area contributed by atoms with Gasteiger partial charge in [-0.1, -0.05) is 11.6 Å². The van der Waals surface area contributed by atoms with Gasteiger partial charge in [0.15, 0.2) is 5.17 Å². The van der Waals surface area contributed by atoms with Crippen molar-refractivity contribution in [3.8, 4) is 0 Å². The first kappa shape index (κ1) is 7.02. The van der Waals surface area contributed by atoms with E-state index in [1.807, 2.05) is 0 Å². The number of hydrogen-bond donors (Lipinski definition) is 1. The molecule has 0 saturated heterocycles. The second-order valence-corrected chi connectivity index (χ2v) is 2.01. The molecule has 0 amide bonds. The van der Waals surface area contributed by atoms with Crippen LogP contribution in [0.15, 0.2) is 29.6 Å². The average molecular weight is 156 g/mol. The third kappa shape index (κ3) is 1.45. The standard InChI is InChI=1S/C6H6ClN3/c7-6(10-8)5-1-3-9-4-2-5/h1-4H,8H2. The van der Waals surface area contributed by atoms with Gasteiger partial charge in [0, 0.05) is 18.0 Å². The van der Waals surface area contributed by atoms with E-state index in [2.05, 4.69) is 10.1 Å². The third-order valence-corrected chi connectivity index (χ3v) is 1.35. The van der Waals surface area contributed by atoms with Gasteiger partial charge in [-0.15, -0.1) is 0 Å². The zero-order valence-corrected chi connectivity index (χ0v) is 5.92. The Hall–Kier alpha value is -1.09. The summed E-state index contributed by atoms with van der Waals surface area (Å²) >= 11 is 5.59. The van der Waals surface area contributed by atoms with Crippen LogP contribution in [0, 0.1) is 0 Å². The fourth-order valence-corrected chi connectivity index (χ4v) is 0.690. The number of aromatic nitrogens is 1. The maximum absolute atomic E-state index is 5.59. The Bertz CT molecular complexity index is 232. The average Bonchev–Trinajstić information content (AvgIpc) is 2.05. The van der Waals surface area contributed by atoms with E-state index in [0.29, 0.717) is 5.17 Å². The molecule has 0 aliphatic carbocycles. The number of nitrogens with two attached hydrogens (primary N) is 1. The van der Waals surface area contributed by atoms with Crippen LogP contribution in [0.25, 0.3) is 0 Å². The molecule has 0 fully saturated rings. The summed E-state index contributed by atoms with van der Waals surface area (Å²) in [5.74, 6) is 4.94. The topological polar surface area (TPSA) is 51.3 Å². The molecule has 0 radical (unpaired) electrons. The van der Waals surface area contributed by atoms with Gasteiger partial charge >= 0.3 is 0 Å². The van der Waals surface area contributed by atoms with Crippen molar-refractivity contribution in [2.24, 2.45) is 10.9 Å². The molecule has 0 bridgehead atoms. The van der Waals surface area contributed by atoms with Crippen LogP contribution in [0.5, 0.6) is 0 Å². The molecule has 0 aromatic carbocycles. The third-order valence-electron chi connectivity index (χ3n) is 1.03. The molecule has 0 spiro atoms. The molecule has 4 heteroatoms. The Balaban J connectivity index is 2.96. The molecule has 1 rings (SSSR count). The molecular weight excluding hydrogens is 150 g/mol. The van der Waals surface area contributed by atoms with E-state index in [4.69, 9.17) is 17.4 Å². The first-order valence-corrected chi connectivity index (χ1v) is 3.06. The number of nitrogens with zero attached hydrogens (tertiary/aromatic N) is 2. The van der Waals surface area contributed by atoms with Gasteiger partial charge in [0.25, 0.3) is 0 Å². The van der Waals surface area contributed by atoms with Crippen molar-refractivity contribution in [2.45, 2.75) is 0 Å². The molecular formula is C6H6ClN3. The van der Waals surface area contributed by atoms with Crippen LogP contribution in [-0.2, 0) is 0 Å². The second-order valence-electron chi connectivity index (χ2n) is 1.66. The summed E-state index contributed by atoms with van der Waals surface area (Å²) in [5.41, 5.74) is 0.777. The molecule has 0 aliphatic rings. The quantitative estimate of drug-likeness (QED) is 0.373. The fraction of sp³-hybridized carbons (Fsp3) is 0. The molecule has 1 heterocycles. The molecule has 52 valence electrons. The minimum Gasteiger partial charge on any atom is -0.322 e. The fourth-order valence-electron chi connectivity index (χ4n) is 0.564. The van der Waals surface area contributed by atoms with Gasteiger partial charge in [0.05, 0.1) is 0 Å². The summed E-state index contributed by atoms with van der Waals surface area (Å²) < 4.78 is 0. The molecule has 0 saturated carbocycles. The summed E-state index contributed by atoms with van der Waals surface area (Å²) in [6.45, 7) is 0. The highest BCUT2D eigenvalue weighted by Crippen LogP contribution is 2.00. The minimum absolute atomic E-state index is 0.294. The Morgan fingerprint density at radius 3 is 2.60 bits per heavy atom. The number of hydrogen-bond acceptors (Lipinski definition) is 3. The Morgan fingerprint density at radius 2 is 2.10 bits per heavy atom. The van der Waals surface area contributed by atoms with Gasteiger partial charge in [-0.25, -0.2) is 0 Å². The molecule has 0 atom stereocenters. The van der Waals surface area contributed by atoms with Gasteiger partial charge in [-0.2, -0.15) is 5.10 Å². The first-order chi connectivity index (χ1) is 4.84. The lowest BCUT2D eigenvalue weighted by Gasteiger charge is -1.92. The summed E-state index contributed by atoms with van der Waals surface area (Å²) in [7, 11) is 0. The first-order valence-electron chi connectivity index (χ1n) is 2.68. The van der Waals surface area contributed by atoms with E-state index >= 15 is 0 Å². The van der Waals surface area contributed by atoms with Crippen LogP contribution in [0.2, 0.25) is 0 Å². The second kappa shape index (κ2) is 3.17.